The molecule has 7 heteroatoms. The van der Waals surface area contributed by atoms with Gasteiger partial charge in [0.1, 0.15) is 11.5 Å². The van der Waals surface area contributed by atoms with E-state index in [9.17, 15) is 19.8 Å². The fourth-order valence-electron chi connectivity index (χ4n) is 4.44. The lowest BCUT2D eigenvalue weighted by Gasteiger charge is -2.27. The molecule has 1 atom stereocenters. The summed E-state index contributed by atoms with van der Waals surface area (Å²) in [6.45, 7) is 7.62. The van der Waals surface area contributed by atoms with Gasteiger partial charge in [0.25, 0.3) is 11.7 Å². The molecule has 1 aliphatic rings. The third-order valence-electron chi connectivity index (χ3n) is 6.40. The number of carbonyl (C=O) groups is 2. The Morgan fingerprint density at radius 1 is 0.914 bits per heavy atom. The zero-order valence-electron chi connectivity index (χ0n) is 20.5. The van der Waals surface area contributed by atoms with Crippen LogP contribution >= 0.6 is 11.6 Å². The van der Waals surface area contributed by atoms with Crippen LogP contribution in [0.1, 0.15) is 63.1 Å². The summed E-state index contributed by atoms with van der Waals surface area (Å²) >= 11 is 5.98. The van der Waals surface area contributed by atoms with Crippen molar-refractivity contribution >= 4 is 29.1 Å². The van der Waals surface area contributed by atoms with Crippen LogP contribution in [0.25, 0.3) is 5.76 Å². The van der Waals surface area contributed by atoms with Gasteiger partial charge in [-0.05, 0) is 80.9 Å². The first-order valence-corrected chi connectivity index (χ1v) is 12.8. The molecule has 1 unspecified atom stereocenters. The Labute approximate surface area is 212 Å². The number of benzene rings is 2. The number of hydrogen-bond donors (Lipinski definition) is 2. The molecule has 188 valence electrons. The van der Waals surface area contributed by atoms with E-state index >= 15 is 0 Å². The molecule has 0 saturated carbocycles. The fourth-order valence-corrected chi connectivity index (χ4v) is 4.57. The number of phenolic OH excluding ortho intramolecular Hbond substituents is 1. The Hall–Kier alpha value is -2.83. The molecule has 1 amide bonds. The molecule has 0 bridgehead atoms. The average molecular weight is 499 g/mol. The van der Waals surface area contributed by atoms with Crippen LogP contribution in [0.15, 0.2) is 54.1 Å². The van der Waals surface area contributed by atoms with E-state index in [1.165, 1.54) is 12.1 Å². The van der Waals surface area contributed by atoms with E-state index in [2.05, 4.69) is 18.7 Å². The summed E-state index contributed by atoms with van der Waals surface area (Å²) in [4.78, 5) is 30.2. The van der Waals surface area contributed by atoms with E-state index in [0.717, 1.165) is 51.7 Å². The monoisotopic (exact) mass is 498 g/mol. The fraction of sp³-hybridized carbons (Fsp3) is 0.429. The molecule has 1 saturated heterocycles. The zero-order chi connectivity index (χ0) is 25.4. The van der Waals surface area contributed by atoms with Crippen LogP contribution in [-0.4, -0.2) is 57.9 Å². The average Bonchev–Trinajstić information content (AvgIpc) is 3.10. The third-order valence-corrected chi connectivity index (χ3v) is 6.65. The second kappa shape index (κ2) is 12.8. The van der Waals surface area contributed by atoms with Crippen LogP contribution < -0.4 is 0 Å². The van der Waals surface area contributed by atoms with E-state index in [0.29, 0.717) is 22.7 Å². The minimum absolute atomic E-state index is 0.0526. The first kappa shape index (κ1) is 26.8. The summed E-state index contributed by atoms with van der Waals surface area (Å²) in [7, 11) is 0. The number of halogens is 1. The number of aliphatic hydroxyl groups excluding tert-OH is 1. The number of likely N-dealkylation sites (tertiary alicyclic amines) is 1. The summed E-state index contributed by atoms with van der Waals surface area (Å²) in [6, 6.07) is 12.2. The Bertz CT molecular complexity index is 1030. The first-order valence-electron chi connectivity index (χ1n) is 12.4. The number of nitrogens with zero attached hydrogens (tertiary/aromatic N) is 2. The number of phenols is 1. The van der Waals surface area contributed by atoms with Gasteiger partial charge in [0.15, 0.2) is 0 Å². The van der Waals surface area contributed by atoms with Crippen molar-refractivity contribution in [3.8, 4) is 5.75 Å². The predicted octanol–water partition coefficient (Wildman–Crippen LogP) is 5.76. The smallest absolute Gasteiger partial charge is 0.295 e. The van der Waals surface area contributed by atoms with E-state index < -0.39 is 17.7 Å². The largest absolute Gasteiger partial charge is 0.508 e. The molecule has 3 rings (SSSR count). The van der Waals surface area contributed by atoms with Crippen LogP contribution in [0.5, 0.6) is 5.75 Å². The van der Waals surface area contributed by atoms with Crippen molar-refractivity contribution < 1.29 is 19.8 Å². The van der Waals surface area contributed by atoms with Gasteiger partial charge in [0, 0.05) is 17.1 Å². The summed E-state index contributed by atoms with van der Waals surface area (Å²) in [5, 5.41) is 21.4. The van der Waals surface area contributed by atoms with Gasteiger partial charge in [-0.15, -0.1) is 0 Å². The Balaban J connectivity index is 1.90. The number of amides is 1. The predicted molar refractivity (Wildman–Crippen MR) is 139 cm³/mol. The molecule has 0 aromatic heterocycles. The van der Waals surface area contributed by atoms with E-state index in [4.69, 9.17) is 11.6 Å². The van der Waals surface area contributed by atoms with Crippen molar-refractivity contribution in [2.75, 3.05) is 26.2 Å². The van der Waals surface area contributed by atoms with Crippen molar-refractivity contribution in [3.63, 3.8) is 0 Å². The highest BCUT2D eigenvalue weighted by Gasteiger charge is 2.45. The topological polar surface area (TPSA) is 81.1 Å². The highest BCUT2D eigenvalue weighted by atomic mass is 35.5. The van der Waals surface area contributed by atoms with Gasteiger partial charge in [0.2, 0.25) is 0 Å². The molecule has 35 heavy (non-hydrogen) atoms. The van der Waals surface area contributed by atoms with Gasteiger partial charge >= 0.3 is 0 Å². The number of carbonyl (C=O) groups excluding carboxylic acids is 2. The summed E-state index contributed by atoms with van der Waals surface area (Å²) in [5.74, 6) is -1.46. The highest BCUT2D eigenvalue weighted by Crippen LogP contribution is 2.40. The molecule has 1 aliphatic heterocycles. The SMILES string of the molecule is CCCCN(CCCC)CCCN1C(=O)C(=O)/C(=C(\O)c2ccc(Cl)cc2)C1c1ccc(O)cc1. The lowest BCUT2D eigenvalue weighted by atomic mass is 9.95. The second-order valence-electron chi connectivity index (χ2n) is 8.99. The maximum atomic E-state index is 13.1. The molecule has 1 heterocycles. The maximum absolute atomic E-state index is 13.1. The van der Waals surface area contributed by atoms with Gasteiger partial charge in [-0.25, -0.2) is 0 Å². The number of ketones is 1. The molecule has 2 aromatic carbocycles. The molecular formula is C28H35ClN2O4. The minimum atomic E-state index is -0.731. The Morgan fingerprint density at radius 2 is 1.49 bits per heavy atom. The van der Waals surface area contributed by atoms with Gasteiger partial charge in [-0.1, -0.05) is 50.4 Å². The third kappa shape index (κ3) is 6.65. The van der Waals surface area contributed by atoms with Gasteiger partial charge < -0.3 is 20.0 Å². The quantitative estimate of drug-likeness (QED) is 0.221. The first-order chi connectivity index (χ1) is 16.9. The number of Topliss-reactive ketones (excluding diaryl/α,β-unsaturated/α-hetero) is 1. The van der Waals surface area contributed by atoms with E-state index in [-0.39, 0.29) is 17.1 Å². The van der Waals surface area contributed by atoms with Crippen molar-refractivity contribution in [2.45, 2.75) is 52.0 Å². The summed E-state index contributed by atoms with van der Waals surface area (Å²) in [5.41, 5.74) is 1.13. The number of hydrogen-bond acceptors (Lipinski definition) is 5. The molecule has 1 fully saturated rings. The Kier molecular flexibility index (Phi) is 9.75. The molecule has 0 spiro atoms. The van der Waals surface area contributed by atoms with Crippen LogP contribution in [0.2, 0.25) is 5.02 Å². The van der Waals surface area contributed by atoms with Gasteiger partial charge in [-0.3, -0.25) is 9.59 Å². The lowest BCUT2D eigenvalue weighted by molar-refractivity contribution is -0.140. The minimum Gasteiger partial charge on any atom is -0.508 e. The summed E-state index contributed by atoms with van der Waals surface area (Å²) < 4.78 is 0. The van der Waals surface area contributed by atoms with Crippen molar-refractivity contribution in [1.29, 1.82) is 0 Å². The summed E-state index contributed by atoms with van der Waals surface area (Å²) in [6.07, 6.45) is 5.23. The van der Waals surface area contributed by atoms with Crippen molar-refractivity contribution in [2.24, 2.45) is 0 Å². The normalized spacial score (nSPS) is 17.5. The van der Waals surface area contributed by atoms with Crippen LogP contribution in [-0.2, 0) is 9.59 Å². The number of aliphatic hydroxyl groups is 1. The molecule has 2 N–H and O–H groups in total. The van der Waals surface area contributed by atoms with Gasteiger partial charge in [0.05, 0.1) is 11.6 Å². The number of aromatic hydroxyl groups is 1. The van der Waals surface area contributed by atoms with E-state index in [1.807, 2.05) is 0 Å². The molecular weight excluding hydrogens is 464 g/mol. The standard InChI is InChI=1S/C28H35ClN2O4/c1-3-5-16-30(17-6-4-2)18-7-19-31-25(20-10-14-23(32)15-11-20)24(27(34)28(31)35)26(33)21-8-12-22(29)13-9-21/h8-15,25,32-33H,3-7,16-19H2,1-2H3/b26-24-. The Morgan fingerprint density at radius 3 is 2.06 bits per heavy atom. The highest BCUT2D eigenvalue weighted by molar-refractivity contribution is 6.46. The van der Waals surface area contributed by atoms with E-state index in [1.54, 1.807) is 41.3 Å². The van der Waals surface area contributed by atoms with Crippen LogP contribution in [0.4, 0.5) is 0 Å². The van der Waals surface area contributed by atoms with Crippen LogP contribution in [0, 0.1) is 0 Å². The van der Waals surface area contributed by atoms with Crippen molar-refractivity contribution in [3.05, 3.63) is 70.3 Å². The number of rotatable bonds is 12. The maximum Gasteiger partial charge on any atom is 0.295 e. The van der Waals surface area contributed by atoms with Crippen LogP contribution in [0.3, 0.4) is 0 Å². The number of unbranched alkanes of at least 4 members (excludes halogenated alkanes) is 2. The van der Waals surface area contributed by atoms with Gasteiger partial charge in [-0.2, -0.15) is 0 Å². The molecule has 0 radical (unpaired) electrons. The molecule has 0 aliphatic carbocycles. The molecule has 6 nitrogen and oxygen atoms in total. The zero-order valence-corrected chi connectivity index (χ0v) is 21.3. The van der Waals surface area contributed by atoms with Crippen molar-refractivity contribution in [1.82, 2.24) is 9.80 Å². The lowest BCUT2D eigenvalue weighted by Crippen LogP contribution is -2.34. The second-order valence-corrected chi connectivity index (χ2v) is 9.43. The molecule has 2 aromatic rings.